The molecule has 0 saturated carbocycles. The Morgan fingerprint density at radius 1 is 0.800 bits per heavy atom. The van der Waals surface area contributed by atoms with E-state index in [1.807, 2.05) is 42.5 Å². The number of nitrogens with zero attached hydrogens (tertiary/aromatic N) is 5. The van der Waals surface area contributed by atoms with E-state index in [1.165, 1.54) is 17.8 Å². The van der Waals surface area contributed by atoms with Crippen molar-refractivity contribution >= 4 is 28.4 Å². The Morgan fingerprint density at radius 2 is 1.37 bits per heavy atom. The van der Waals surface area contributed by atoms with Crippen LogP contribution in [-0.2, 0) is 0 Å². The fraction of sp³-hybridized carbons (Fsp3) is 0.217. The molecular weight excluding hydrogens is 378 g/mol. The van der Waals surface area contributed by atoms with Crippen LogP contribution in [0.5, 0.6) is 0 Å². The number of hydrogen-bond acceptors (Lipinski definition) is 6. The summed E-state index contributed by atoms with van der Waals surface area (Å²) in [4.78, 5) is 14.8. The van der Waals surface area contributed by atoms with Crippen LogP contribution < -0.4 is 9.80 Å². The molecule has 0 unspecified atom stereocenters. The van der Waals surface area contributed by atoms with Crippen molar-refractivity contribution in [2.45, 2.75) is 6.92 Å². The van der Waals surface area contributed by atoms with Crippen LogP contribution in [0.15, 0.2) is 89.1 Å². The zero-order valence-electron chi connectivity index (χ0n) is 17.2. The molecule has 0 saturated heterocycles. The minimum Gasteiger partial charge on any atom is -0.373 e. The van der Waals surface area contributed by atoms with Gasteiger partial charge in [0, 0.05) is 50.2 Å². The maximum atomic E-state index is 10.7. The number of anilines is 2. The smallest absolute Gasteiger partial charge is 0.269 e. The van der Waals surface area contributed by atoms with Crippen LogP contribution in [0.1, 0.15) is 6.92 Å². The zero-order chi connectivity index (χ0) is 21.3. The van der Waals surface area contributed by atoms with Crippen molar-refractivity contribution in [1.82, 2.24) is 0 Å². The minimum absolute atomic E-state index is 0.0378. The van der Waals surface area contributed by atoms with E-state index in [0.717, 1.165) is 31.0 Å². The fourth-order valence-corrected chi connectivity index (χ4v) is 3.04. The topological polar surface area (TPSA) is 74.3 Å². The van der Waals surface area contributed by atoms with E-state index in [-0.39, 0.29) is 5.69 Å². The first-order valence-electron chi connectivity index (χ1n) is 9.84. The molecule has 7 heteroatoms. The van der Waals surface area contributed by atoms with Crippen molar-refractivity contribution in [3.8, 4) is 0 Å². The van der Waals surface area contributed by atoms with E-state index in [4.69, 9.17) is 0 Å². The maximum Gasteiger partial charge on any atom is 0.269 e. The first-order chi connectivity index (χ1) is 14.6. The highest BCUT2D eigenvalue weighted by Gasteiger charge is 2.07. The SMILES string of the molecule is CCN(CCN(C)c1ccccc1)c1ccc(N=Nc2ccc([N+](=O)[O-])cc2)cc1. The van der Waals surface area contributed by atoms with E-state index in [1.54, 1.807) is 12.1 Å². The lowest BCUT2D eigenvalue weighted by molar-refractivity contribution is -0.384. The standard InChI is InChI=1S/C23H25N5O2/c1-3-27(18-17-26(2)21-7-5-4-6-8-21)22-13-9-19(10-14-22)24-25-20-11-15-23(16-12-20)28(29)30/h4-16H,3,17-18H2,1-2H3. The van der Waals surface area contributed by atoms with E-state index in [2.05, 4.69) is 46.1 Å². The van der Waals surface area contributed by atoms with Gasteiger partial charge in [0.2, 0.25) is 0 Å². The van der Waals surface area contributed by atoms with Crippen LogP contribution >= 0.6 is 0 Å². The van der Waals surface area contributed by atoms with E-state index >= 15 is 0 Å². The predicted molar refractivity (Wildman–Crippen MR) is 121 cm³/mol. The zero-order valence-corrected chi connectivity index (χ0v) is 17.2. The third-order valence-corrected chi connectivity index (χ3v) is 4.84. The Kier molecular flexibility index (Phi) is 7.10. The normalized spacial score (nSPS) is 10.9. The largest absolute Gasteiger partial charge is 0.373 e. The Labute approximate surface area is 176 Å². The van der Waals surface area contributed by atoms with Crippen LogP contribution in [0.3, 0.4) is 0 Å². The van der Waals surface area contributed by atoms with Crippen LogP contribution in [0.4, 0.5) is 28.4 Å². The molecule has 0 atom stereocenters. The van der Waals surface area contributed by atoms with Gasteiger partial charge in [-0.2, -0.15) is 10.2 Å². The Morgan fingerprint density at radius 3 is 1.90 bits per heavy atom. The number of para-hydroxylation sites is 1. The van der Waals surface area contributed by atoms with Gasteiger partial charge in [0.05, 0.1) is 16.3 Å². The second kappa shape index (κ2) is 10.2. The molecule has 0 aromatic heterocycles. The summed E-state index contributed by atoms with van der Waals surface area (Å²) < 4.78 is 0. The van der Waals surface area contributed by atoms with Gasteiger partial charge in [0.1, 0.15) is 0 Å². The molecule has 0 aliphatic heterocycles. The number of likely N-dealkylation sites (N-methyl/N-ethyl adjacent to an activating group) is 2. The van der Waals surface area contributed by atoms with Gasteiger partial charge >= 0.3 is 0 Å². The monoisotopic (exact) mass is 403 g/mol. The average Bonchev–Trinajstić information content (AvgIpc) is 2.79. The van der Waals surface area contributed by atoms with Crippen LogP contribution in [0.25, 0.3) is 0 Å². The second-order valence-corrected chi connectivity index (χ2v) is 6.83. The molecule has 0 bridgehead atoms. The van der Waals surface area contributed by atoms with E-state index in [0.29, 0.717) is 5.69 Å². The molecule has 0 radical (unpaired) electrons. The van der Waals surface area contributed by atoms with Gasteiger partial charge in [-0.05, 0) is 55.5 Å². The number of rotatable bonds is 9. The lowest BCUT2D eigenvalue weighted by Gasteiger charge is -2.27. The summed E-state index contributed by atoms with van der Waals surface area (Å²) in [5.74, 6) is 0. The summed E-state index contributed by atoms with van der Waals surface area (Å²) in [6.45, 7) is 4.88. The minimum atomic E-state index is -0.434. The third kappa shape index (κ3) is 5.64. The number of non-ortho nitro benzene ring substituents is 1. The summed E-state index contributed by atoms with van der Waals surface area (Å²) >= 11 is 0. The highest BCUT2D eigenvalue weighted by atomic mass is 16.6. The van der Waals surface area contributed by atoms with Gasteiger partial charge in [-0.3, -0.25) is 10.1 Å². The van der Waals surface area contributed by atoms with Crippen molar-refractivity contribution < 1.29 is 4.92 Å². The molecule has 0 N–H and O–H groups in total. The van der Waals surface area contributed by atoms with Gasteiger partial charge in [-0.1, -0.05) is 18.2 Å². The summed E-state index contributed by atoms with van der Waals surface area (Å²) in [5, 5.41) is 19.1. The van der Waals surface area contributed by atoms with Gasteiger partial charge in [-0.25, -0.2) is 0 Å². The average molecular weight is 403 g/mol. The van der Waals surface area contributed by atoms with Crippen LogP contribution in [0.2, 0.25) is 0 Å². The number of nitro benzene ring substituents is 1. The lowest BCUT2D eigenvalue weighted by atomic mass is 10.2. The molecule has 3 aromatic carbocycles. The summed E-state index contributed by atoms with van der Waals surface area (Å²) in [5.41, 5.74) is 3.68. The van der Waals surface area contributed by atoms with Crippen molar-refractivity contribution in [2.24, 2.45) is 10.2 Å². The Hall–Kier alpha value is -3.74. The molecule has 30 heavy (non-hydrogen) atoms. The fourth-order valence-electron chi connectivity index (χ4n) is 3.04. The van der Waals surface area contributed by atoms with Crippen LogP contribution in [0, 0.1) is 10.1 Å². The molecule has 3 rings (SSSR count). The quantitative estimate of drug-likeness (QED) is 0.250. The Bertz CT molecular complexity index is 973. The first kappa shape index (κ1) is 21.0. The first-order valence-corrected chi connectivity index (χ1v) is 9.84. The van der Waals surface area contributed by atoms with Gasteiger partial charge < -0.3 is 9.80 Å². The summed E-state index contributed by atoms with van der Waals surface area (Å²) in [6.07, 6.45) is 0. The summed E-state index contributed by atoms with van der Waals surface area (Å²) in [6, 6.07) is 24.3. The highest BCUT2D eigenvalue weighted by molar-refractivity contribution is 5.53. The molecule has 0 spiro atoms. The summed E-state index contributed by atoms with van der Waals surface area (Å²) in [7, 11) is 2.10. The molecule has 0 heterocycles. The predicted octanol–water partition coefficient (Wildman–Crippen LogP) is 5.97. The molecule has 0 aliphatic rings. The third-order valence-electron chi connectivity index (χ3n) is 4.84. The maximum absolute atomic E-state index is 10.7. The molecule has 0 aliphatic carbocycles. The van der Waals surface area contributed by atoms with Crippen molar-refractivity contribution in [3.05, 3.63) is 89.0 Å². The molecule has 0 amide bonds. The second-order valence-electron chi connectivity index (χ2n) is 6.83. The van der Waals surface area contributed by atoms with Gasteiger partial charge in [-0.15, -0.1) is 0 Å². The molecule has 0 fully saturated rings. The number of azo groups is 1. The van der Waals surface area contributed by atoms with Crippen molar-refractivity contribution in [1.29, 1.82) is 0 Å². The molecule has 7 nitrogen and oxygen atoms in total. The van der Waals surface area contributed by atoms with E-state index < -0.39 is 4.92 Å². The Balaban J connectivity index is 1.59. The highest BCUT2D eigenvalue weighted by Crippen LogP contribution is 2.24. The van der Waals surface area contributed by atoms with E-state index in [9.17, 15) is 10.1 Å². The van der Waals surface area contributed by atoms with Gasteiger partial charge in [0.15, 0.2) is 0 Å². The molecule has 154 valence electrons. The number of nitro groups is 1. The number of hydrogen-bond donors (Lipinski definition) is 0. The lowest BCUT2D eigenvalue weighted by Crippen LogP contribution is -2.33. The van der Waals surface area contributed by atoms with Crippen LogP contribution in [-0.4, -0.2) is 31.6 Å². The van der Waals surface area contributed by atoms with Gasteiger partial charge in [0.25, 0.3) is 5.69 Å². The molecule has 3 aromatic rings. The van der Waals surface area contributed by atoms with Crippen molar-refractivity contribution in [3.63, 3.8) is 0 Å². The van der Waals surface area contributed by atoms with Crippen molar-refractivity contribution in [2.75, 3.05) is 36.5 Å². The number of benzene rings is 3. The molecular formula is C23H25N5O2.